The number of aryl methyl sites for hydroxylation is 1. The van der Waals surface area contributed by atoms with Crippen molar-refractivity contribution in [2.75, 3.05) is 11.9 Å². The van der Waals surface area contributed by atoms with E-state index in [1.807, 2.05) is 49.4 Å². The summed E-state index contributed by atoms with van der Waals surface area (Å²) in [5.74, 6) is -0.193. The molecule has 0 spiro atoms. The molecule has 0 fully saturated rings. The van der Waals surface area contributed by atoms with Crippen molar-refractivity contribution in [1.82, 2.24) is 9.99 Å². The van der Waals surface area contributed by atoms with Gasteiger partial charge in [-0.2, -0.15) is 5.10 Å². The Hall–Kier alpha value is -2.61. The highest BCUT2D eigenvalue weighted by atomic mass is 127. The van der Waals surface area contributed by atoms with Crippen molar-refractivity contribution < 1.29 is 4.79 Å². The van der Waals surface area contributed by atoms with Crippen molar-refractivity contribution in [3.8, 4) is 5.69 Å². The second kappa shape index (κ2) is 8.85. The molecule has 0 radical (unpaired) electrons. The molecule has 0 aliphatic heterocycles. The van der Waals surface area contributed by atoms with Gasteiger partial charge < -0.3 is 9.88 Å². The molecule has 138 valence electrons. The van der Waals surface area contributed by atoms with E-state index in [2.05, 4.69) is 68.1 Å². The van der Waals surface area contributed by atoms with Crippen LogP contribution in [-0.4, -0.2) is 23.2 Å². The van der Waals surface area contributed by atoms with Gasteiger partial charge in [0.05, 0.1) is 12.8 Å². The molecule has 2 N–H and O–H groups in total. The number of anilines is 1. The Bertz CT molecular complexity index is 946. The first-order valence-corrected chi connectivity index (χ1v) is 9.68. The largest absolute Gasteiger partial charge is 0.376 e. The molecule has 27 heavy (non-hydrogen) atoms. The maximum absolute atomic E-state index is 12.0. The zero-order chi connectivity index (χ0) is 19.2. The number of hydrazone groups is 1. The summed E-state index contributed by atoms with van der Waals surface area (Å²) in [6.45, 7) is 4.27. The lowest BCUT2D eigenvalue weighted by atomic mass is 10.2. The minimum atomic E-state index is -0.193. The van der Waals surface area contributed by atoms with E-state index in [1.165, 1.54) is 0 Å². The van der Waals surface area contributed by atoms with Gasteiger partial charge in [-0.15, -0.1) is 0 Å². The molecule has 0 saturated carbocycles. The third kappa shape index (κ3) is 4.97. The maximum Gasteiger partial charge on any atom is 0.259 e. The molecule has 1 heterocycles. The second-order valence-corrected chi connectivity index (χ2v) is 7.40. The third-order valence-corrected chi connectivity index (χ3v) is 4.89. The quantitative estimate of drug-likeness (QED) is 0.320. The van der Waals surface area contributed by atoms with Crippen molar-refractivity contribution in [2.45, 2.75) is 13.8 Å². The molecule has 1 aromatic heterocycles. The Balaban J connectivity index is 1.60. The first kappa shape index (κ1) is 19.2. The number of nitrogens with one attached hydrogen (secondary N) is 2. The molecule has 0 bridgehead atoms. The zero-order valence-corrected chi connectivity index (χ0v) is 17.4. The van der Waals surface area contributed by atoms with Gasteiger partial charge in [0.1, 0.15) is 0 Å². The summed E-state index contributed by atoms with van der Waals surface area (Å²) < 4.78 is 3.32. The Kier molecular flexibility index (Phi) is 6.28. The average Bonchev–Trinajstić information content (AvgIpc) is 2.95. The van der Waals surface area contributed by atoms with Gasteiger partial charge in [-0.1, -0.05) is 18.2 Å². The highest BCUT2D eigenvalue weighted by Crippen LogP contribution is 2.19. The predicted octanol–water partition coefficient (Wildman–Crippen LogP) is 4.26. The summed E-state index contributed by atoms with van der Waals surface area (Å²) in [6, 6.07) is 20.1. The van der Waals surface area contributed by atoms with E-state index in [0.29, 0.717) is 0 Å². The number of carbonyl (C=O) groups is 1. The SMILES string of the molecule is Cc1cc(/C=N\NC(=O)CNc2ccc(I)cc2)c(C)n1-c1ccccc1. The van der Waals surface area contributed by atoms with Crippen LogP contribution in [0.4, 0.5) is 5.69 Å². The molecule has 2 aromatic carbocycles. The fraction of sp³-hybridized carbons (Fsp3) is 0.143. The van der Waals surface area contributed by atoms with Crippen molar-refractivity contribution in [3.05, 3.63) is 81.2 Å². The number of benzene rings is 2. The fourth-order valence-electron chi connectivity index (χ4n) is 2.86. The van der Waals surface area contributed by atoms with Crippen molar-refractivity contribution in [1.29, 1.82) is 0 Å². The van der Waals surface area contributed by atoms with Crippen molar-refractivity contribution in [3.63, 3.8) is 0 Å². The third-order valence-electron chi connectivity index (χ3n) is 4.17. The average molecular weight is 472 g/mol. The number of nitrogens with zero attached hydrogens (tertiary/aromatic N) is 2. The number of hydrogen-bond donors (Lipinski definition) is 2. The monoisotopic (exact) mass is 472 g/mol. The zero-order valence-electron chi connectivity index (χ0n) is 15.2. The van der Waals surface area contributed by atoms with E-state index < -0.39 is 0 Å². The minimum absolute atomic E-state index is 0.168. The van der Waals surface area contributed by atoms with Gasteiger partial charge in [0.25, 0.3) is 5.91 Å². The Morgan fingerprint density at radius 1 is 1.11 bits per heavy atom. The number of halogens is 1. The Morgan fingerprint density at radius 3 is 2.52 bits per heavy atom. The van der Waals surface area contributed by atoms with E-state index in [-0.39, 0.29) is 12.5 Å². The normalized spacial score (nSPS) is 10.9. The van der Waals surface area contributed by atoms with Crippen LogP contribution in [0.1, 0.15) is 17.0 Å². The molecule has 0 aliphatic rings. The van der Waals surface area contributed by atoms with Crippen LogP contribution in [0.15, 0.2) is 65.8 Å². The highest BCUT2D eigenvalue weighted by Gasteiger charge is 2.09. The Morgan fingerprint density at radius 2 is 1.81 bits per heavy atom. The van der Waals surface area contributed by atoms with E-state index in [9.17, 15) is 4.79 Å². The van der Waals surface area contributed by atoms with Gasteiger partial charge in [0.15, 0.2) is 0 Å². The summed E-state index contributed by atoms with van der Waals surface area (Å²) in [7, 11) is 0. The maximum atomic E-state index is 12.0. The topological polar surface area (TPSA) is 58.4 Å². The van der Waals surface area contributed by atoms with Gasteiger partial charge in [0.2, 0.25) is 0 Å². The number of hydrogen-bond acceptors (Lipinski definition) is 3. The number of rotatable bonds is 6. The predicted molar refractivity (Wildman–Crippen MR) is 119 cm³/mol. The van der Waals surface area contributed by atoms with Crippen LogP contribution in [0.2, 0.25) is 0 Å². The second-order valence-electron chi connectivity index (χ2n) is 6.15. The van der Waals surface area contributed by atoms with Crippen LogP contribution in [0.3, 0.4) is 0 Å². The van der Waals surface area contributed by atoms with E-state index in [0.717, 1.165) is 31.9 Å². The molecular formula is C21H21IN4O. The van der Waals surface area contributed by atoms with Crippen LogP contribution in [0, 0.1) is 17.4 Å². The van der Waals surface area contributed by atoms with Crippen molar-refractivity contribution in [2.24, 2.45) is 5.10 Å². The molecule has 0 unspecified atom stereocenters. The Labute approximate surface area is 172 Å². The lowest BCUT2D eigenvalue weighted by Gasteiger charge is -2.09. The standard InChI is InChI=1S/C21H21IN4O/c1-15-12-17(16(2)26(15)20-6-4-3-5-7-20)13-24-25-21(27)14-23-19-10-8-18(22)9-11-19/h3-13,23H,14H2,1-2H3,(H,25,27)/b24-13-. The lowest BCUT2D eigenvalue weighted by Crippen LogP contribution is -2.25. The van der Waals surface area contributed by atoms with Crippen molar-refractivity contribution >= 4 is 40.4 Å². The van der Waals surface area contributed by atoms with Gasteiger partial charge in [-0.25, -0.2) is 5.43 Å². The molecule has 3 aromatic rings. The molecular weight excluding hydrogens is 451 g/mol. The molecule has 1 amide bonds. The number of amides is 1. The van der Waals surface area contributed by atoms with Gasteiger partial charge >= 0.3 is 0 Å². The smallest absolute Gasteiger partial charge is 0.259 e. The summed E-state index contributed by atoms with van der Waals surface area (Å²) in [4.78, 5) is 12.0. The van der Waals surface area contributed by atoms with E-state index in [4.69, 9.17) is 0 Å². The van der Waals surface area contributed by atoms with Crippen LogP contribution < -0.4 is 10.7 Å². The van der Waals surface area contributed by atoms with Gasteiger partial charge in [0, 0.05) is 31.9 Å². The minimum Gasteiger partial charge on any atom is -0.376 e. The summed E-state index contributed by atoms with van der Waals surface area (Å²) >= 11 is 2.24. The van der Waals surface area contributed by atoms with E-state index in [1.54, 1.807) is 6.21 Å². The molecule has 5 nitrogen and oxygen atoms in total. The van der Waals surface area contributed by atoms with Gasteiger partial charge in [-0.3, -0.25) is 4.79 Å². The van der Waals surface area contributed by atoms with Crippen LogP contribution in [-0.2, 0) is 4.79 Å². The molecule has 3 rings (SSSR count). The molecule has 0 saturated heterocycles. The molecule has 0 aliphatic carbocycles. The fourth-order valence-corrected chi connectivity index (χ4v) is 3.22. The first-order valence-electron chi connectivity index (χ1n) is 8.60. The van der Waals surface area contributed by atoms with Crippen LogP contribution in [0.5, 0.6) is 0 Å². The molecule has 6 heteroatoms. The van der Waals surface area contributed by atoms with E-state index >= 15 is 0 Å². The number of aromatic nitrogens is 1. The number of carbonyl (C=O) groups excluding carboxylic acids is 1. The summed E-state index contributed by atoms with van der Waals surface area (Å²) in [6.07, 6.45) is 1.69. The number of para-hydroxylation sites is 1. The van der Waals surface area contributed by atoms with Crippen LogP contribution in [0.25, 0.3) is 5.69 Å². The molecule has 0 atom stereocenters. The summed E-state index contributed by atoms with van der Waals surface area (Å²) in [5.41, 5.74) is 7.75. The van der Waals surface area contributed by atoms with Crippen LogP contribution >= 0.6 is 22.6 Å². The summed E-state index contributed by atoms with van der Waals surface area (Å²) in [5, 5.41) is 7.17. The lowest BCUT2D eigenvalue weighted by molar-refractivity contribution is -0.119. The first-order chi connectivity index (χ1) is 13.0. The van der Waals surface area contributed by atoms with Gasteiger partial charge in [-0.05, 0) is 78.9 Å². The highest BCUT2D eigenvalue weighted by molar-refractivity contribution is 14.1.